The monoisotopic (exact) mass is 510 g/mol. The number of hydrogen-bond acceptors (Lipinski definition) is 10. The van der Waals surface area contributed by atoms with Crippen molar-refractivity contribution >= 4 is 0 Å². The molecule has 35 heavy (non-hydrogen) atoms. The number of para-hydroxylation sites is 4. The third-order valence-corrected chi connectivity index (χ3v) is 4.29. The zero-order valence-electron chi connectivity index (χ0n) is 18.4. The lowest BCUT2D eigenvalue weighted by Crippen LogP contribution is -2.68. The molecule has 12 heteroatoms. The zero-order chi connectivity index (χ0) is 25.1. The van der Waals surface area contributed by atoms with Crippen LogP contribution in [-0.4, -0.2) is 31.2 Å². The predicted molar refractivity (Wildman–Crippen MR) is 107 cm³/mol. The van der Waals surface area contributed by atoms with Gasteiger partial charge < -0.3 is 28.1 Å². The maximum absolute atomic E-state index is 10.1. The summed E-state index contributed by atoms with van der Waals surface area (Å²) in [4.78, 5) is 10.1. The van der Waals surface area contributed by atoms with Crippen LogP contribution in [0.3, 0.4) is 0 Å². The summed E-state index contributed by atoms with van der Waals surface area (Å²) in [5.74, 6) is 3.28. The van der Waals surface area contributed by atoms with Crippen molar-refractivity contribution in [2.45, 2.75) is 13.2 Å². The first kappa shape index (κ1) is 26.3. The smallest absolute Gasteiger partial charge is 0.347 e. The lowest BCUT2D eigenvalue weighted by atomic mass is 10.3. The summed E-state index contributed by atoms with van der Waals surface area (Å²) < 4.78 is 68.6. The molecule has 1 aliphatic heterocycles. The number of ether oxygens (including phenoxy) is 5. The quantitative estimate of drug-likeness (QED) is 0.323. The third kappa shape index (κ3) is 9.83. The van der Waals surface area contributed by atoms with Gasteiger partial charge in [0.1, 0.15) is 26.4 Å². The van der Waals surface area contributed by atoms with E-state index in [1.807, 2.05) is 48.5 Å². The van der Waals surface area contributed by atoms with Gasteiger partial charge in [-0.25, -0.2) is 18.6 Å². The average molecular weight is 511 g/mol. The van der Waals surface area contributed by atoms with E-state index in [1.165, 1.54) is 12.1 Å². The van der Waals surface area contributed by atoms with Crippen LogP contribution in [0.2, 0.25) is 0 Å². The van der Waals surface area contributed by atoms with Crippen molar-refractivity contribution in [2.24, 2.45) is 0 Å². The number of fused-ring (bicyclic) bond motifs is 4. The van der Waals surface area contributed by atoms with Crippen LogP contribution in [0.25, 0.3) is 0 Å². The Hall–Kier alpha value is -3.32. The summed E-state index contributed by atoms with van der Waals surface area (Å²) in [5.41, 5.74) is 0.0686. The topological polar surface area (TPSA) is 173 Å². The lowest BCUT2D eigenvalue weighted by molar-refractivity contribution is -2.00. The maximum atomic E-state index is 10.1. The standard InChI is InChI=1S/C23H22O7.ClHO4/c24-17-13-18-15-28-22-7-3-1-5-20(22)26-11-9-25-10-12-27-21-6-2-4-8-23(21)29-16-19(14-17)30-18;2-1(3,4)5/h1-8,13-14H,9-12,15-16H2;(H,2,3,4,5). The van der Waals surface area contributed by atoms with Gasteiger partial charge >= 0.3 is 5.43 Å². The van der Waals surface area contributed by atoms with Gasteiger partial charge in [-0.15, -0.1) is 10.2 Å². The highest BCUT2D eigenvalue weighted by Gasteiger charge is 2.12. The second-order valence-electron chi connectivity index (χ2n) is 6.91. The van der Waals surface area contributed by atoms with E-state index >= 15 is 0 Å². The molecule has 0 atom stereocenters. The first-order chi connectivity index (χ1) is 16.8. The van der Waals surface area contributed by atoms with Crippen molar-refractivity contribution in [3.63, 3.8) is 0 Å². The van der Waals surface area contributed by atoms with Gasteiger partial charge in [0.15, 0.2) is 34.5 Å². The molecule has 0 radical (unpaired) electrons. The second-order valence-corrected chi connectivity index (χ2v) is 7.66. The number of halogens is 1. The number of rotatable bonds is 0. The van der Waals surface area contributed by atoms with Gasteiger partial charge in [-0.3, -0.25) is 4.79 Å². The highest BCUT2D eigenvalue weighted by atomic mass is 35.7. The molecule has 11 nitrogen and oxygen atoms in total. The largest absolute Gasteiger partial charge is 0.487 e. The normalized spacial score (nSPS) is 14.5. The van der Waals surface area contributed by atoms with E-state index in [9.17, 15) is 4.79 Å². The minimum absolute atomic E-state index is 0.0686. The van der Waals surface area contributed by atoms with Gasteiger partial charge in [0, 0.05) is 0 Å². The van der Waals surface area contributed by atoms with Crippen molar-refractivity contribution in [1.82, 2.24) is 0 Å². The Bertz CT molecular complexity index is 1040. The fourth-order valence-corrected chi connectivity index (χ4v) is 2.94. The van der Waals surface area contributed by atoms with E-state index in [0.717, 1.165) is 0 Å². The van der Waals surface area contributed by atoms with Crippen molar-refractivity contribution in [2.75, 3.05) is 26.4 Å². The van der Waals surface area contributed by atoms with Gasteiger partial charge in [0.05, 0.1) is 25.3 Å². The molecule has 0 spiro atoms. The molecular formula is C23H23ClO11. The Balaban J connectivity index is 0.000000623. The Morgan fingerprint density at radius 1 is 0.600 bits per heavy atom. The predicted octanol–water partition coefficient (Wildman–Crippen LogP) is -1.53. The molecule has 4 rings (SSSR count). The Labute approximate surface area is 202 Å². The van der Waals surface area contributed by atoms with E-state index in [4.69, 9.17) is 46.7 Å². The fourth-order valence-electron chi connectivity index (χ4n) is 2.94. The average Bonchev–Trinajstić information content (AvgIpc) is 2.80. The molecule has 188 valence electrons. The lowest BCUT2D eigenvalue weighted by Gasteiger charge is -2.17. The molecule has 1 aromatic heterocycles. The van der Waals surface area contributed by atoms with Crippen LogP contribution in [0, 0.1) is 10.2 Å². The fraction of sp³-hybridized carbons (Fsp3) is 0.261. The van der Waals surface area contributed by atoms with E-state index in [1.54, 1.807) is 0 Å². The van der Waals surface area contributed by atoms with Crippen LogP contribution in [0.4, 0.5) is 0 Å². The Morgan fingerprint density at radius 2 is 0.971 bits per heavy atom. The molecule has 0 fully saturated rings. The molecule has 2 aromatic carbocycles. The zero-order valence-corrected chi connectivity index (χ0v) is 19.2. The van der Waals surface area contributed by atoms with Gasteiger partial charge in [-0.05, 0) is 24.3 Å². The first-order valence-corrected chi connectivity index (χ1v) is 11.5. The highest BCUT2D eigenvalue weighted by molar-refractivity contribution is 5.40. The highest BCUT2D eigenvalue weighted by Crippen LogP contribution is 2.28. The van der Waals surface area contributed by atoms with Crippen LogP contribution < -0.4 is 43.0 Å². The molecule has 0 aliphatic carbocycles. The Kier molecular flexibility index (Phi) is 9.73. The summed E-state index contributed by atoms with van der Waals surface area (Å²) in [7, 11) is -4.94. The maximum Gasteiger partial charge on any atom is 0.347 e. The molecule has 0 unspecified atom stereocenters. The van der Waals surface area contributed by atoms with Crippen molar-refractivity contribution in [3.8, 4) is 23.0 Å². The Morgan fingerprint density at radius 3 is 1.37 bits per heavy atom. The molecule has 2 bridgehead atoms. The summed E-state index contributed by atoms with van der Waals surface area (Å²) >= 11 is 0. The molecule has 1 N–H and O–H groups in total. The minimum Gasteiger partial charge on any atom is -0.487 e. The summed E-state index contributed by atoms with van der Waals surface area (Å²) in [6.07, 6.45) is 0. The van der Waals surface area contributed by atoms with Gasteiger partial charge in [0.25, 0.3) is 0 Å². The molecule has 0 saturated carbocycles. The van der Waals surface area contributed by atoms with Gasteiger partial charge in [0.2, 0.25) is 0 Å². The minimum atomic E-state index is -4.94. The van der Waals surface area contributed by atoms with Crippen LogP contribution >= 0.6 is 0 Å². The molecular weight excluding hydrogens is 488 g/mol. The van der Waals surface area contributed by atoms with Crippen molar-refractivity contribution < 1.29 is 61.8 Å². The molecule has 1 aliphatic rings. The number of benzene rings is 2. The van der Waals surface area contributed by atoms with Crippen LogP contribution in [-0.2, 0) is 18.0 Å². The molecule has 0 amide bonds. The molecule has 0 saturated heterocycles. The third-order valence-electron chi connectivity index (χ3n) is 4.29. The van der Waals surface area contributed by atoms with Crippen LogP contribution in [0.5, 0.6) is 23.0 Å². The van der Waals surface area contributed by atoms with E-state index in [-0.39, 0.29) is 18.6 Å². The SMILES string of the molecule is [O-][Cl+3]([O-])([O-])[O-].[OH+]=c1cc2oc(c1)COc1ccccc1OCCOCCOc1ccccc1OC2. The first-order valence-electron chi connectivity index (χ1n) is 10.3. The van der Waals surface area contributed by atoms with E-state index < -0.39 is 10.2 Å². The summed E-state index contributed by atoms with van der Waals surface area (Å²) in [5, 5.41) is 0. The van der Waals surface area contributed by atoms with Crippen LogP contribution in [0.1, 0.15) is 11.5 Å². The van der Waals surface area contributed by atoms with Gasteiger partial charge in [-0.2, -0.15) is 0 Å². The van der Waals surface area contributed by atoms with Crippen molar-refractivity contribution in [3.05, 3.63) is 77.6 Å². The van der Waals surface area contributed by atoms with E-state index in [0.29, 0.717) is 60.9 Å². The summed E-state index contributed by atoms with van der Waals surface area (Å²) in [6, 6.07) is 17.8. The molecule has 2 heterocycles. The molecule has 3 aromatic rings. The second kappa shape index (κ2) is 13.0. The van der Waals surface area contributed by atoms with Gasteiger partial charge in [-0.1, -0.05) is 24.3 Å². The summed E-state index contributed by atoms with van der Waals surface area (Å²) in [6.45, 7) is 1.83. The number of hydrogen-bond donors (Lipinski definition) is 0. The van der Waals surface area contributed by atoms with Crippen molar-refractivity contribution in [1.29, 1.82) is 0 Å². The van der Waals surface area contributed by atoms with Crippen LogP contribution in [0.15, 0.2) is 65.1 Å². The van der Waals surface area contributed by atoms with E-state index in [2.05, 4.69) is 0 Å².